The summed E-state index contributed by atoms with van der Waals surface area (Å²) >= 11 is 3.55. The van der Waals surface area contributed by atoms with Crippen LogP contribution >= 0.6 is 15.9 Å². The van der Waals surface area contributed by atoms with Gasteiger partial charge in [0.1, 0.15) is 0 Å². The lowest BCUT2D eigenvalue weighted by molar-refractivity contribution is 0.774. The smallest absolute Gasteiger partial charge is 0.0619 e. The fraction of sp³-hybridized carbons (Fsp3) is 0.0244. The largest absolute Gasteiger partial charge is 0.0725 e. The quantitative estimate of drug-likeness (QED) is 0.186. The van der Waals surface area contributed by atoms with Crippen molar-refractivity contribution in [2.75, 3.05) is 0 Å². The molecule has 0 saturated heterocycles. The molecule has 2 aliphatic carbocycles. The fourth-order valence-corrected chi connectivity index (χ4v) is 7.87. The van der Waals surface area contributed by atoms with Crippen LogP contribution in [0.15, 0.2) is 156 Å². The third kappa shape index (κ3) is 3.17. The van der Waals surface area contributed by atoms with Gasteiger partial charge in [-0.2, -0.15) is 0 Å². The molecular weight excluding hydrogens is 572 g/mol. The van der Waals surface area contributed by atoms with Gasteiger partial charge >= 0.3 is 0 Å². The zero-order valence-corrected chi connectivity index (χ0v) is 24.4. The molecule has 0 aromatic heterocycles. The van der Waals surface area contributed by atoms with E-state index in [1.165, 1.54) is 77.5 Å². The van der Waals surface area contributed by atoms with Crippen LogP contribution in [0.4, 0.5) is 0 Å². The molecular formula is C41H25Br. The maximum Gasteiger partial charge on any atom is 0.0725 e. The Labute approximate surface area is 254 Å². The average Bonchev–Trinajstić information content (AvgIpc) is 3.34. The number of hydrogen-bond donors (Lipinski definition) is 0. The molecule has 42 heavy (non-hydrogen) atoms. The van der Waals surface area contributed by atoms with Gasteiger partial charge in [0.05, 0.1) is 5.41 Å². The molecule has 0 nitrogen and oxygen atoms in total. The molecule has 1 unspecified atom stereocenters. The van der Waals surface area contributed by atoms with Gasteiger partial charge in [0.25, 0.3) is 0 Å². The molecule has 0 heterocycles. The lowest BCUT2D eigenvalue weighted by Gasteiger charge is -2.40. The topological polar surface area (TPSA) is 0 Å². The Balaban J connectivity index is 1.32. The van der Waals surface area contributed by atoms with Crippen LogP contribution in [-0.2, 0) is 5.41 Å². The van der Waals surface area contributed by atoms with Crippen LogP contribution in [0.5, 0.6) is 0 Å². The third-order valence-electron chi connectivity index (χ3n) is 9.37. The summed E-state index contributed by atoms with van der Waals surface area (Å²) in [5, 5.41) is 2.66. The highest BCUT2D eigenvalue weighted by molar-refractivity contribution is 9.10. The van der Waals surface area contributed by atoms with Gasteiger partial charge in [-0.25, -0.2) is 0 Å². The number of hydrogen-bond acceptors (Lipinski definition) is 0. The van der Waals surface area contributed by atoms with E-state index in [1.54, 1.807) is 0 Å². The van der Waals surface area contributed by atoms with Crippen LogP contribution < -0.4 is 0 Å². The minimum atomic E-state index is -0.385. The summed E-state index contributed by atoms with van der Waals surface area (Å²) in [4.78, 5) is 0. The van der Waals surface area contributed by atoms with Crippen LogP contribution in [0.2, 0.25) is 0 Å². The highest BCUT2D eigenvalue weighted by Crippen LogP contribution is 2.62. The Kier molecular flexibility index (Phi) is 5.06. The highest BCUT2D eigenvalue weighted by Gasteiger charge is 2.49. The first-order valence-electron chi connectivity index (χ1n) is 14.5. The molecule has 196 valence electrons. The summed E-state index contributed by atoms with van der Waals surface area (Å²) in [5.74, 6) is 0. The van der Waals surface area contributed by atoms with Crippen LogP contribution in [0.25, 0.3) is 55.3 Å². The Morgan fingerprint density at radius 1 is 0.357 bits per heavy atom. The Bertz CT molecular complexity index is 2180. The van der Waals surface area contributed by atoms with E-state index in [4.69, 9.17) is 0 Å². The molecule has 7 aromatic carbocycles. The minimum absolute atomic E-state index is 0.385. The highest BCUT2D eigenvalue weighted by atomic mass is 79.9. The average molecular weight is 598 g/mol. The summed E-state index contributed by atoms with van der Waals surface area (Å²) in [6.45, 7) is 0. The van der Waals surface area contributed by atoms with E-state index in [1.807, 2.05) is 0 Å². The van der Waals surface area contributed by atoms with Gasteiger partial charge in [0.15, 0.2) is 0 Å². The van der Waals surface area contributed by atoms with Gasteiger partial charge in [-0.1, -0.05) is 149 Å². The monoisotopic (exact) mass is 596 g/mol. The van der Waals surface area contributed by atoms with Crippen molar-refractivity contribution in [1.29, 1.82) is 0 Å². The van der Waals surface area contributed by atoms with E-state index < -0.39 is 0 Å². The van der Waals surface area contributed by atoms with Crippen molar-refractivity contribution >= 4 is 26.7 Å². The maximum absolute atomic E-state index is 3.55. The second-order valence-corrected chi connectivity index (χ2v) is 12.3. The van der Waals surface area contributed by atoms with Gasteiger partial charge in [-0.15, -0.1) is 0 Å². The lowest BCUT2D eigenvalue weighted by atomic mass is 9.61. The first-order valence-corrected chi connectivity index (χ1v) is 15.3. The fourth-order valence-electron chi connectivity index (χ4n) is 7.60. The molecule has 0 N–H and O–H groups in total. The molecule has 0 aliphatic heterocycles. The molecule has 7 aromatic rings. The Morgan fingerprint density at radius 3 is 1.52 bits per heavy atom. The van der Waals surface area contributed by atoms with Crippen LogP contribution in [0.3, 0.4) is 0 Å². The van der Waals surface area contributed by atoms with Crippen molar-refractivity contribution in [3.8, 4) is 44.5 Å². The molecule has 0 saturated carbocycles. The van der Waals surface area contributed by atoms with E-state index in [2.05, 4.69) is 168 Å². The first-order chi connectivity index (χ1) is 20.7. The summed E-state index contributed by atoms with van der Waals surface area (Å²) < 4.78 is 1.10. The molecule has 1 heteroatoms. The molecule has 0 bridgehead atoms. The van der Waals surface area contributed by atoms with Gasteiger partial charge in [-0.3, -0.25) is 0 Å². The van der Waals surface area contributed by atoms with Gasteiger partial charge < -0.3 is 0 Å². The number of halogens is 1. The van der Waals surface area contributed by atoms with E-state index in [-0.39, 0.29) is 5.41 Å². The van der Waals surface area contributed by atoms with Crippen molar-refractivity contribution in [2.24, 2.45) is 0 Å². The van der Waals surface area contributed by atoms with Gasteiger partial charge in [-0.05, 0) is 95.7 Å². The molecule has 1 spiro atoms. The zero-order valence-electron chi connectivity index (χ0n) is 22.8. The van der Waals surface area contributed by atoms with Crippen molar-refractivity contribution in [3.63, 3.8) is 0 Å². The van der Waals surface area contributed by atoms with Crippen LogP contribution in [0.1, 0.15) is 22.3 Å². The predicted octanol–water partition coefficient (Wildman–Crippen LogP) is 11.3. The molecule has 0 fully saturated rings. The number of fused-ring (bicyclic) bond motifs is 9. The molecule has 9 rings (SSSR count). The summed E-state index contributed by atoms with van der Waals surface area (Å²) in [5.41, 5.74) is 15.3. The Hall–Kier alpha value is -4.72. The second-order valence-electron chi connectivity index (χ2n) is 11.4. The number of benzene rings is 7. The standard InChI is InChI=1S/C41H25Br/c42-31-22-19-27(20-23-31)26-15-17-28(18-16-26)30-21-24-34-32-9-1-3-12-36(32)41(39(34)25-30)37-13-4-2-10-33(37)35-11-5-7-29-8-6-14-38(41)40(29)35/h1-25H. The van der Waals surface area contributed by atoms with E-state index in [9.17, 15) is 0 Å². The zero-order chi connectivity index (χ0) is 27.8. The maximum atomic E-state index is 3.55. The second kappa shape index (κ2) is 8.89. The molecule has 1 atom stereocenters. The van der Waals surface area contributed by atoms with Crippen molar-refractivity contribution in [2.45, 2.75) is 5.41 Å². The predicted molar refractivity (Wildman–Crippen MR) is 179 cm³/mol. The SMILES string of the molecule is Brc1ccc(-c2ccc(-c3ccc4c(c3)C3(c5ccccc5-4)c4ccccc4-c4cccc5cccc3c45)cc2)cc1. The van der Waals surface area contributed by atoms with Crippen molar-refractivity contribution < 1.29 is 0 Å². The summed E-state index contributed by atoms with van der Waals surface area (Å²) in [6, 6.07) is 56.4. The van der Waals surface area contributed by atoms with Crippen LogP contribution in [0, 0.1) is 0 Å². The minimum Gasteiger partial charge on any atom is -0.0619 e. The normalized spacial score (nSPS) is 15.8. The van der Waals surface area contributed by atoms with E-state index in [0.29, 0.717) is 0 Å². The molecule has 0 radical (unpaired) electrons. The summed E-state index contributed by atoms with van der Waals surface area (Å²) in [6.07, 6.45) is 0. The summed E-state index contributed by atoms with van der Waals surface area (Å²) in [7, 11) is 0. The van der Waals surface area contributed by atoms with Gasteiger partial charge in [0.2, 0.25) is 0 Å². The molecule has 2 aliphatic rings. The number of rotatable bonds is 2. The van der Waals surface area contributed by atoms with Crippen LogP contribution in [-0.4, -0.2) is 0 Å². The van der Waals surface area contributed by atoms with E-state index in [0.717, 1.165) is 4.47 Å². The van der Waals surface area contributed by atoms with Crippen molar-refractivity contribution in [1.82, 2.24) is 0 Å². The van der Waals surface area contributed by atoms with Gasteiger partial charge in [0, 0.05) is 4.47 Å². The Morgan fingerprint density at radius 2 is 0.833 bits per heavy atom. The first kappa shape index (κ1) is 23.9. The van der Waals surface area contributed by atoms with E-state index >= 15 is 0 Å². The van der Waals surface area contributed by atoms with Crippen molar-refractivity contribution in [3.05, 3.63) is 178 Å². The lowest BCUT2D eigenvalue weighted by Crippen LogP contribution is -2.31. The third-order valence-corrected chi connectivity index (χ3v) is 9.90. The molecule has 0 amide bonds.